The summed E-state index contributed by atoms with van der Waals surface area (Å²) in [6, 6.07) is 21.0. The summed E-state index contributed by atoms with van der Waals surface area (Å²) in [4.78, 5) is 0. The average molecular weight is 312 g/mol. The van der Waals surface area contributed by atoms with Crippen molar-refractivity contribution in [1.29, 1.82) is 0 Å². The van der Waals surface area contributed by atoms with Crippen LogP contribution in [0, 0.1) is 0 Å². The summed E-state index contributed by atoms with van der Waals surface area (Å²) in [7, 11) is 0. The van der Waals surface area contributed by atoms with Crippen molar-refractivity contribution >= 4 is 17.3 Å². The molecule has 0 spiro atoms. The van der Waals surface area contributed by atoms with E-state index in [1.807, 2.05) is 24.3 Å². The van der Waals surface area contributed by atoms with Crippen LogP contribution in [-0.2, 0) is 17.8 Å². The van der Waals surface area contributed by atoms with E-state index < -0.39 is 0 Å². The molecule has 1 fully saturated rings. The second kappa shape index (κ2) is 7.49. The van der Waals surface area contributed by atoms with Gasteiger partial charge in [0.1, 0.15) is 6.61 Å². The Bertz CT molecular complexity index is 603. The van der Waals surface area contributed by atoms with Crippen molar-refractivity contribution in [2.24, 2.45) is 0 Å². The van der Waals surface area contributed by atoms with E-state index in [1.54, 1.807) is 0 Å². The van der Waals surface area contributed by atoms with Crippen LogP contribution in [0.1, 0.15) is 11.1 Å². The Morgan fingerprint density at radius 3 is 2.00 bits per heavy atom. The Kier molecular flexibility index (Phi) is 5.16. The number of nitrogens with one attached hydrogen (secondary N) is 2. The maximum atomic E-state index is 5.56. The van der Waals surface area contributed by atoms with Gasteiger partial charge in [-0.1, -0.05) is 60.7 Å². The lowest BCUT2D eigenvalue weighted by Gasteiger charge is -2.19. The summed E-state index contributed by atoms with van der Waals surface area (Å²) in [5.74, 6) is 0. The molecule has 2 aromatic carbocycles. The van der Waals surface area contributed by atoms with Gasteiger partial charge in [-0.25, -0.2) is 0 Å². The first-order chi connectivity index (χ1) is 10.8. The molecule has 0 aromatic heterocycles. The van der Waals surface area contributed by atoms with Crippen molar-refractivity contribution in [3.63, 3.8) is 0 Å². The van der Waals surface area contributed by atoms with Crippen molar-refractivity contribution in [3.8, 4) is 0 Å². The van der Waals surface area contributed by atoms with Crippen molar-refractivity contribution in [2.75, 3.05) is 6.61 Å². The van der Waals surface area contributed by atoms with Crippen molar-refractivity contribution < 1.29 is 4.74 Å². The first kappa shape index (κ1) is 15.2. The number of benzene rings is 2. The van der Waals surface area contributed by atoms with E-state index in [1.165, 1.54) is 11.1 Å². The quantitative estimate of drug-likeness (QED) is 0.804. The molecule has 2 aromatic rings. The molecule has 22 heavy (non-hydrogen) atoms. The molecular weight excluding hydrogens is 292 g/mol. The highest BCUT2D eigenvalue weighted by atomic mass is 32.1. The van der Waals surface area contributed by atoms with Crippen molar-refractivity contribution in [1.82, 2.24) is 10.6 Å². The van der Waals surface area contributed by atoms with Gasteiger partial charge in [-0.05, 0) is 23.3 Å². The average Bonchev–Trinajstić information content (AvgIpc) is 2.93. The van der Waals surface area contributed by atoms with Crippen LogP contribution in [0.3, 0.4) is 0 Å². The Labute approximate surface area is 136 Å². The lowest BCUT2D eigenvalue weighted by molar-refractivity contribution is 0.308. The highest BCUT2D eigenvalue weighted by Gasteiger charge is 2.32. The van der Waals surface area contributed by atoms with Gasteiger partial charge >= 0.3 is 0 Å². The minimum atomic E-state index is 0.0684. The monoisotopic (exact) mass is 312 g/mol. The largest absolute Gasteiger partial charge is 0.484 e. The predicted molar refractivity (Wildman–Crippen MR) is 92.7 cm³/mol. The smallest absolute Gasteiger partial charge is 0.178 e. The maximum Gasteiger partial charge on any atom is 0.178 e. The molecule has 1 aliphatic rings. The van der Waals surface area contributed by atoms with Crippen LogP contribution in [-0.4, -0.2) is 23.7 Å². The topological polar surface area (TPSA) is 33.3 Å². The molecule has 1 unspecified atom stereocenters. The molecule has 1 aliphatic heterocycles. The minimum Gasteiger partial charge on any atom is -0.484 e. The zero-order valence-electron chi connectivity index (χ0n) is 12.4. The number of rotatable bonds is 6. The lowest BCUT2D eigenvalue weighted by Crippen LogP contribution is -2.47. The third-order valence-electron chi connectivity index (χ3n) is 3.84. The van der Waals surface area contributed by atoms with Gasteiger partial charge in [0.05, 0.1) is 12.1 Å². The van der Waals surface area contributed by atoms with Gasteiger partial charge in [-0.3, -0.25) is 0 Å². The summed E-state index contributed by atoms with van der Waals surface area (Å²) in [6.45, 7) is 2.23. The first-order valence-electron chi connectivity index (χ1n) is 7.54. The molecule has 0 radical (unpaired) electrons. The highest BCUT2D eigenvalue weighted by molar-refractivity contribution is 7.80. The molecule has 2 N–H and O–H groups in total. The Hall–Kier alpha value is -1.75. The number of ether oxygens (including phenoxy) is 1. The van der Waals surface area contributed by atoms with E-state index in [4.69, 9.17) is 17.0 Å². The normalized spacial score (nSPS) is 20.8. The summed E-state index contributed by atoms with van der Waals surface area (Å²) in [5.41, 5.74) is 2.51. The van der Waals surface area contributed by atoms with Gasteiger partial charge in [0.15, 0.2) is 5.05 Å². The summed E-state index contributed by atoms with van der Waals surface area (Å²) in [6.07, 6.45) is 0. The van der Waals surface area contributed by atoms with Gasteiger partial charge in [0.25, 0.3) is 0 Å². The molecule has 2 atom stereocenters. The molecule has 114 valence electrons. The van der Waals surface area contributed by atoms with E-state index in [0.29, 0.717) is 11.7 Å². The zero-order valence-corrected chi connectivity index (χ0v) is 13.2. The van der Waals surface area contributed by atoms with Crippen LogP contribution >= 0.6 is 12.2 Å². The predicted octanol–water partition coefficient (Wildman–Crippen LogP) is 2.66. The maximum absolute atomic E-state index is 5.56. The second-order valence-electron chi connectivity index (χ2n) is 5.45. The molecular formula is C18H20N2OS. The summed E-state index contributed by atoms with van der Waals surface area (Å²) >= 11 is 5.34. The molecule has 3 nitrogen and oxygen atoms in total. The second-order valence-corrected chi connectivity index (χ2v) is 5.85. The van der Waals surface area contributed by atoms with Crippen LogP contribution in [0.15, 0.2) is 60.7 Å². The Morgan fingerprint density at radius 1 is 0.864 bits per heavy atom. The Balaban J connectivity index is 1.55. The van der Waals surface area contributed by atoms with E-state index in [0.717, 1.165) is 13.1 Å². The van der Waals surface area contributed by atoms with Crippen LogP contribution < -0.4 is 10.6 Å². The van der Waals surface area contributed by atoms with Gasteiger partial charge in [-0.15, -0.1) is 0 Å². The van der Waals surface area contributed by atoms with Crippen LogP contribution in [0.4, 0.5) is 0 Å². The molecule has 1 saturated heterocycles. The zero-order chi connectivity index (χ0) is 15.2. The van der Waals surface area contributed by atoms with Gasteiger partial charge in [0.2, 0.25) is 0 Å². The van der Waals surface area contributed by atoms with Crippen LogP contribution in [0.25, 0.3) is 0 Å². The van der Waals surface area contributed by atoms with Crippen molar-refractivity contribution in [2.45, 2.75) is 25.2 Å². The van der Waals surface area contributed by atoms with Gasteiger partial charge < -0.3 is 15.4 Å². The van der Waals surface area contributed by atoms with Crippen molar-refractivity contribution in [3.05, 3.63) is 71.8 Å². The third-order valence-corrected chi connectivity index (χ3v) is 4.21. The molecule has 1 heterocycles. The third kappa shape index (κ3) is 3.91. The number of thiocarbonyl (C=S) groups is 1. The van der Waals surface area contributed by atoms with Crippen LogP contribution in [0.5, 0.6) is 0 Å². The summed E-state index contributed by atoms with van der Waals surface area (Å²) < 4.78 is 5.56. The highest BCUT2D eigenvalue weighted by Crippen LogP contribution is 2.12. The fraction of sp³-hybridized carbons (Fsp3) is 0.278. The van der Waals surface area contributed by atoms with Gasteiger partial charge in [-0.2, -0.15) is 0 Å². The molecule has 3 rings (SSSR count). The SMILES string of the molecule is S=C1OC[C@H](NCc2ccccc2)C1NCc1ccccc1. The number of hydrogen-bond acceptors (Lipinski definition) is 4. The molecule has 0 saturated carbocycles. The van der Waals surface area contributed by atoms with E-state index in [9.17, 15) is 0 Å². The van der Waals surface area contributed by atoms with Crippen LogP contribution in [0.2, 0.25) is 0 Å². The standard InChI is InChI=1S/C18H20N2OS/c22-18-17(20-12-15-9-5-2-6-10-15)16(13-21-18)19-11-14-7-3-1-4-8-14/h1-10,16-17,19-20H,11-13H2/t16-,17?/m0/s1. The molecule has 4 heteroatoms. The first-order valence-corrected chi connectivity index (χ1v) is 7.95. The van der Waals surface area contributed by atoms with E-state index in [2.05, 4.69) is 47.0 Å². The molecule has 0 amide bonds. The van der Waals surface area contributed by atoms with Gasteiger partial charge in [0, 0.05) is 13.1 Å². The fourth-order valence-electron chi connectivity index (χ4n) is 2.59. The Morgan fingerprint density at radius 2 is 1.41 bits per heavy atom. The molecule has 0 aliphatic carbocycles. The van der Waals surface area contributed by atoms with E-state index in [-0.39, 0.29) is 12.1 Å². The number of hydrogen-bond donors (Lipinski definition) is 2. The minimum absolute atomic E-state index is 0.0684. The fourth-order valence-corrected chi connectivity index (χ4v) is 2.91. The van der Waals surface area contributed by atoms with E-state index >= 15 is 0 Å². The molecule has 0 bridgehead atoms. The lowest BCUT2D eigenvalue weighted by atomic mass is 10.1. The summed E-state index contributed by atoms with van der Waals surface area (Å²) in [5, 5.41) is 7.70.